The second-order valence-electron chi connectivity index (χ2n) is 6.10. The van der Waals surface area contributed by atoms with Crippen molar-refractivity contribution in [2.24, 2.45) is 0 Å². The van der Waals surface area contributed by atoms with Crippen LogP contribution >= 0.6 is 11.3 Å². The first kappa shape index (κ1) is 22.4. The summed E-state index contributed by atoms with van der Waals surface area (Å²) in [7, 11) is 1.59. The molecule has 7 nitrogen and oxygen atoms in total. The number of methoxy groups -OCH3 is 1. The smallest absolute Gasteiger partial charge is 0.348 e. The van der Waals surface area contributed by atoms with Gasteiger partial charge in [0.25, 0.3) is 0 Å². The number of anilines is 1. The molecular formula is C21H25NO6S. The van der Waals surface area contributed by atoms with Gasteiger partial charge in [0.2, 0.25) is 5.91 Å². The van der Waals surface area contributed by atoms with Gasteiger partial charge in [0.1, 0.15) is 15.6 Å². The molecule has 1 N–H and O–H groups in total. The quantitative estimate of drug-likeness (QED) is 0.618. The lowest BCUT2D eigenvalue weighted by Gasteiger charge is -2.07. The van der Waals surface area contributed by atoms with Crippen LogP contribution in [0.4, 0.5) is 5.00 Å². The molecule has 0 atom stereocenters. The maximum Gasteiger partial charge on any atom is 0.348 e. The third-order valence-electron chi connectivity index (χ3n) is 4.14. The van der Waals surface area contributed by atoms with Crippen LogP contribution in [-0.2, 0) is 20.7 Å². The van der Waals surface area contributed by atoms with Gasteiger partial charge in [-0.2, -0.15) is 0 Å². The minimum atomic E-state index is -0.581. The number of rotatable bonds is 9. The number of carbonyl (C=O) groups excluding carboxylic acids is 3. The molecule has 1 amide bonds. The monoisotopic (exact) mass is 419 g/mol. The summed E-state index contributed by atoms with van der Waals surface area (Å²) in [4.78, 5) is 37.3. The number of hydrogen-bond donors (Lipinski definition) is 1. The Morgan fingerprint density at radius 3 is 2.21 bits per heavy atom. The van der Waals surface area contributed by atoms with E-state index < -0.39 is 11.9 Å². The van der Waals surface area contributed by atoms with E-state index in [-0.39, 0.29) is 36.0 Å². The third-order valence-corrected chi connectivity index (χ3v) is 5.33. The number of esters is 2. The van der Waals surface area contributed by atoms with Crippen LogP contribution < -0.4 is 10.1 Å². The average Bonchev–Trinajstić information content (AvgIpc) is 3.03. The lowest BCUT2D eigenvalue weighted by Crippen LogP contribution is -2.15. The standard InChI is InChI=1S/C21H25NO6S/c1-5-27-20(24)17-13(3)18(21(25)28-6-2)29-19(17)22-16(23)12-9-14-7-10-15(26-4)11-8-14/h7-8,10-11H,5-6,9,12H2,1-4H3,(H,22,23). The third kappa shape index (κ3) is 5.80. The van der Waals surface area contributed by atoms with Crippen LogP contribution in [0.2, 0.25) is 0 Å². The molecule has 1 aromatic carbocycles. The van der Waals surface area contributed by atoms with Gasteiger partial charge >= 0.3 is 11.9 Å². The highest BCUT2D eigenvalue weighted by Crippen LogP contribution is 2.34. The van der Waals surface area contributed by atoms with Gasteiger partial charge in [0.05, 0.1) is 25.9 Å². The van der Waals surface area contributed by atoms with Crippen molar-refractivity contribution in [3.05, 3.63) is 45.8 Å². The van der Waals surface area contributed by atoms with Crippen molar-refractivity contribution in [2.75, 3.05) is 25.6 Å². The molecule has 0 aliphatic heterocycles. The number of benzene rings is 1. The van der Waals surface area contributed by atoms with E-state index in [9.17, 15) is 14.4 Å². The van der Waals surface area contributed by atoms with Crippen molar-refractivity contribution in [3.8, 4) is 5.75 Å². The van der Waals surface area contributed by atoms with Gasteiger partial charge in [-0.25, -0.2) is 9.59 Å². The van der Waals surface area contributed by atoms with Crippen molar-refractivity contribution >= 4 is 34.2 Å². The normalized spacial score (nSPS) is 10.3. The number of thiophene rings is 1. The Morgan fingerprint density at radius 2 is 1.62 bits per heavy atom. The molecule has 29 heavy (non-hydrogen) atoms. The van der Waals surface area contributed by atoms with Crippen molar-refractivity contribution in [3.63, 3.8) is 0 Å². The van der Waals surface area contributed by atoms with Gasteiger partial charge in [-0.15, -0.1) is 11.3 Å². The molecule has 1 aromatic heterocycles. The zero-order valence-corrected chi connectivity index (χ0v) is 17.8. The Kier molecular flexibility index (Phi) is 8.21. The highest BCUT2D eigenvalue weighted by atomic mass is 32.1. The van der Waals surface area contributed by atoms with Crippen molar-refractivity contribution in [2.45, 2.75) is 33.6 Å². The second-order valence-corrected chi connectivity index (χ2v) is 7.12. The Morgan fingerprint density at radius 1 is 1.00 bits per heavy atom. The summed E-state index contributed by atoms with van der Waals surface area (Å²) in [6.07, 6.45) is 0.750. The molecule has 2 aromatic rings. The molecular weight excluding hydrogens is 394 g/mol. The minimum Gasteiger partial charge on any atom is -0.497 e. The zero-order chi connectivity index (χ0) is 21.4. The molecule has 0 spiro atoms. The van der Waals surface area contributed by atoms with E-state index >= 15 is 0 Å². The van der Waals surface area contributed by atoms with Crippen molar-refractivity contribution < 1.29 is 28.6 Å². The fourth-order valence-electron chi connectivity index (χ4n) is 2.68. The topological polar surface area (TPSA) is 90.9 Å². The lowest BCUT2D eigenvalue weighted by atomic mass is 10.1. The summed E-state index contributed by atoms with van der Waals surface area (Å²) in [6, 6.07) is 7.45. The highest BCUT2D eigenvalue weighted by Gasteiger charge is 2.27. The van der Waals surface area contributed by atoms with Crippen LogP contribution in [0.3, 0.4) is 0 Å². The van der Waals surface area contributed by atoms with Crippen LogP contribution in [0.1, 0.15) is 51.4 Å². The maximum absolute atomic E-state index is 12.5. The van der Waals surface area contributed by atoms with Gasteiger partial charge < -0.3 is 19.5 Å². The highest BCUT2D eigenvalue weighted by molar-refractivity contribution is 7.18. The van der Waals surface area contributed by atoms with Gasteiger partial charge in [-0.1, -0.05) is 12.1 Å². The van der Waals surface area contributed by atoms with E-state index in [0.29, 0.717) is 17.0 Å². The average molecular weight is 419 g/mol. The van der Waals surface area contributed by atoms with E-state index in [2.05, 4.69) is 5.32 Å². The fourth-order valence-corrected chi connectivity index (χ4v) is 3.79. The first-order valence-corrected chi connectivity index (χ1v) is 10.1. The fraction of sp³-hybridized carbons (Fsp3) is 0.381. The van der Waals surface area contributed by atoms with Crippen molar-refractivity contribution in [1.29, 1.82) is 0 Å². The number of nitrogens with one attached hydrogen (secondary N) is 1. The predicted octanol–water partition coefficient (Wildman–Crippen LogP) is 3.99. The molecule has 0 saturated carbocycles. The molecule has 0 unspecified atom stereocenters. The molecule has 2 rings (SSSR count). The largest absolute Gasteiger partial charge is 0.497 e. The Balaban J connectivity index is 2.16. The molecule has 0 bridgehead atoms. The van der Waals surface area contributed by atoms with Gasteiger partial charge in [-0.3, -0.25) is 4.79 Å². The Bertz CT molecular complexity index is 872. The lowest BCUT2D eigenvalue weighted by molar-refractivity contribution is -0.116. The van der Waals surface area contributed by atoms with Crippen LogP contribution in [0.5, 0.6) is 5.75 Å². The van der Waals surface area contributed by atoms with Crippen molar-refractivity contribution in [1.82, 2.24) is 0 Å². The van der Waals surface area contributed by atoms with Crippen LogP contribution in [0.15, 0.2) is 24.3 Å². The predicted molar refractivity (Wildman–Crippen MR) is 111 cm³/mol. The van der Waals surface area contributed by atoms with Gasteiger partial charge in [0.15, 0.2) is 0 Å². The Hall–Kier alpha value is -2.87. The minimum absolute atomic E-state index is 0.188. The molecule has 0 aliphatic rings. The maximum atomic E-state index is 12.5. The summed E-state index contributed by atoms with van der Waals surface area (Å²) in [6.45, 7) is 5.44. The van der Waals surface area contributed by atoms with E-state index in [1.807, 2.05) is 24.3 Å². The molecule has 0 aliphatic carbocycles. The molecule has 0 saturated heterocycles. The van der Waals surface area contributed by atoms with Gasteiger partial charge in [-0.05, 0) is 50.5 Å². The molecule has 0 fully saturated rings. The summed E-state index contributed by atoms with van der Waals surface area (Å²) in [5.74, 6) is -0.623. The first-order chi connectivity index (χ1) is 13.9. The zero-order valence-electron chi connectivity index (χ0n) is 17.0. The van der Waals surface area contributed by atoms with E-state index in [0.717, 1.165) is 22.6 Å². The number of hydrogen-bond acceptors (Lipinski definition) is 7. The molecule has 156 valence electrons. The number of carbonyl (C=O) groups is 3. The van der Waals surface area contributed by atoms with Crippen LogP contribution in [-0.4, -0.2) is 38.2 Å². The van der Waals surface area contributed by atoms with E-state index in [4.69, 9.17) is 14.2 Å². The summed E-state index contributed by atoms with van der Waals surface area (Å²) in [5, 5.41) is 3.04. The molecule has 1 heterocycles. The van der Waals surface area contributed by atoms with E-state index in [1.165, 1.54) is 0 Å². The SMILES string of the molecule is CCOC(=O)c1sc(NC(=O)CCc2ccc(OC)cc2)c(C(=O)OCC)c1C. The number of amides is 1. The first-order valence-electron chi connectivity index (χ1n) is 9.31. The summed E-state index contributed by atoms with van der Waals surface area (Å²) in [5.41, 5.74) is 1.62. The summed E-state index contributed by atoms with van der Waals surface area (Å²) >= 11 is 1.02. The summed E-state index contributed by atoms with van der Waals surface area (Å²) < 4.78 is 15.2. The molecule has 8 heteroatoms. The van der Waals surface area contributed by atoms with E-state index in [1.54, 1.807) is 27.9 Å². The molecule has 0 radical (unpaired) electrons. The van der Waals surface area contributed by atoms with Gasteiger partial charge in [0, 0.05) is 6.42 Å². The Labute approximate surface area is 174 Å². The number of ether oxygens (including phenoxy) is 3. The number of aryl methyl sites for hydroxylation is 1. The van der Waals surface area contributed by atoms with Crippen LogP contribution in [0.25, 0.3) is 0 Å². The van der Waals surface area contributed by atoms with Crippen LogP contribution in [0, 0.1) is 6.92 Å². The second kappa shape index (κ2) is 10.6.